The molecular formula is C21H26N4O2. The number of nitrogens with one attached hydrogen (secondary N) is 1. The number of rotatable bonds is 4. The molecule has 0 saturated carbocycles. The summed E-state index contributed by atoms with van der Waals surface area (Å²) in [5.41, 5.74) is 1.72. The van der Waals surface area contributed by atoms with Crippen molar-refractivity contribution in [3.05, 3.63) is 58.0 Å². The summed E-state index contributed by atoms with van der Waals surface area (Å²) in [6.07, 6.45) is 2.64. The summed E-state index contributed by atoms with van der Waals surface area (Å²) >= 11 is 0. The molecule has 142 valence electrons. The van der Waals surface area contributed by atoms with Crippen molar-refractivity contribution in [3.8, 4) is 0 Å². The monoisotopic (exact) mass is 366 g/mol. The Kier molecular flexibility index (Phi) is 4.97. The smallest absolute Gasteiger partial charge is 0.252 e. The van der Waals surface area contributed by atoms with Crippen LogP contribution in [-0.4, -0.2) is 40.4 Å². The Balaban J connectivity index is 1.50. The largest absolute Gasteiger partial charge is 0.342 e. The molecule has 2 fully saturated rings. The number of amides is 1. The zero-order chi connectivity index (χ0) is 18.8. The molecule has 3 heterocycles. The van der Waals surface area contributed by atoms with Gasteiger partial charge in [0.05, 0.1) is 5.69 Å². The van der Waals surface area contributed by atoms with Crippen molar-refractivity contribution in [2.45, 2.75) is 38.6 Å². The molecular weight excluding hydrogens is 340 g/mol. The van der Waals surface area contributed by atoms with Crippen molar-refractivity contribution in [1.29, 1.82) is 0 Å². The molecule has 0 aliphatic carbocycles. The standard InChI is InChI=1S/C21H26N4O2/c1-15-7-9-24(10-8-15)21-22-18(12-19(26)23-21)17-11-20(27)25(14-17)13-16-5-3-2-4-6-16/h2-6,12,15,17H,7-11,13-14H2,1H3,(H,22,23,26). The molecule has 0 spiro atoms. The Labute approximate surface area is 159 Å². The highest BCUT2D eigenvalue weighted by molar-refractivity contribution is 5.79. The Morgan fingerprint density at radius 2 is 1.89 bits per heavy atom. The summed E-state index contributed by atoms with van der Waals surface area (Å²) < 4.78 is 0. The average molecular weight is 366 g/mol. The number of hydrogen-bond donors (Lipinski definition) is 1. The van der Waals surface area contributed by atoms with Gasteiger partial charge in [0.25, 0.3) is 5.56 Å². The maximum atomic E-state index is 12.5. The summed E-state index contributed by atoms with van der Waals surface area (Å²) in [5, 5.41) is 0. The van der Waals surface area contributed by atoms with E-state index in [1.165, 1.54) is 0 Å². The van der Waals surface area contributed by atoms with Gasteiger partial charge in [-0.3, -0.25) is 14.6 Å². The summed E-state index contributed by atoms with van der Waals surface area (Å²) in [6.45, 7) is 5.31. The van der Waals surface area contributed by atoms with Gasteiger partial charge in [0.1, 0.15) is 0 Å². The molecule has 0 bridgehead atoms. The normalized spacial score (nSPS) is 21.1. The lowest BCUT2D eigenvalue weighted by Gasteiger charge is -2.30. The van der Waals surface area contributed by atoms with Crippen LogP contribution in [0, 0.1) is 5.92 Å². The van der Waals surface area contributed by atoms with E-state index in [4.69, 9.17) is 4.98 Å². The van der Waals surface area contributed by atoms with Crippen molar-refractivity contribution >= 4 is 11.9 Å². The third-order valence-corrected chi connectivity index (χ3v) is 5.68. The number of anilines is 1. The van der Waals surface area contributed by atoms with Crippen molar-refractivity contribution in [3.63, 3.8) is 0 Å². The first-order valence-electron chi connectivity index (χ1n) is 9.76. The SMILES string of the molecule is CC1CCN(c2nc(C3CC(=O)N(Cc4ccccc4)C3)cc(=O)[nH]2)CC1. The second-order valence-electron chi connectivity index (χ2n) is 7.82. The molecule has 6 nitrogen and oxygen atoms in total. The Morgan fingerprint density at radius 3 is 2.63 bits per heavy atom. The first-order valence-corrected chi connectivity index (χ1v) is 9.76. The van der Waals surface area contributed by atoms with Crippen LogP contribution in [0.1, 0.15) is 43.4 Å². The molecule has 0 radical (unpaired) electrons. The lowest BCUT2D eigenvalue weighted by molar-refractivity contribution is -0.128. The van der Waals surface area contributed by atoms with E-state index in [0.29, 0.717) is 25.5 Å². The third-order valence-electron chi connectivity index (χ3n) is 5.68. The molecule has 2 aliphatic rings. The number of carbonyl (C=O) groups excluding carboxylic acids is 1. The van der Waals surface area contributed by atoms with Crippen LogP contribution >= 0.6 is 0 Å². The first-order chi connectivity index (χ1) is 13.1. The second kappa shape index (κ2) is 7.55. The minimum atomic E-state index is -0.136. The van der Waals surface area contributed by atoms with Gasteiger partial charge < -0.3 is 9.80 Å². The number of likely N-dealkylation sites (tertiary alicyclic amines) is 1. The van der Waals surface area contributed by atoms with Gasteiger partial charge in [0.15, 0.2) is 0 Å². The summed E-state index contributed by atoms with van der Waals surface area (Å²) in [4.78, 5) is 36.3. The number of aromatic nitrogens is 2. The fourth-order valence-corrected chi connectivity index (χ4v) is 3.97. The van der Waals surface area contributed by atoms with Crippen LogP contribution in [0.3, 0.4) is 0 Å². The van der Waals surface area contributed by atoms with Gasteiger partial charge >= 0.3 is 0 Å². The summed E-state index contributed by atoms with van der Waals surface area (Å²) in [5.74, 6) is 1.47. The molecule has 2 aromatic rings. The van der Waals surface area contributed by atoms with Gasteiger partial charge in [-0.15, -0.1) is 0 Å². The van der Waals surface area contributed by atoms with Crippen LogP contribution in [0.4, 0.5) is 5.95 Å². The lowest BCUT2D eigenvalue weighted by atomic mass is 9.99. The van der Waals surface area contributed by atoms with Crippen LogP contribution < -0.4 is 10.5 Å². The number of aromatic amines is 1. The van der Waals surface area contributed by atoms with E-state index < -0.39 is 0 Å². The molecule has 1 unspecified atom stereocenters. The Bertz CT molecular complexity index is 856. The number of H-pyrrole nitrogens is 1. The fourth-order valence-electron chi connectivity index (χ4n) is 3.97. The van der Waals surface area contributed by atoms with Crippen molar-refractivity contribution in [2.75, 3.05) is 24.5 Å². The molecule has 4 rings (SSSR count). The minimum absolute atomic E-state index is 0.0222. The number of benzene rings is 1. The fraction of sp³-hybridized carbons (Fsp3) is 0.476. The van der Waals surface area contributed by atoms with Crippen molar-refractivity contribution < 1.29 is 4.79 Å². The van der Waals surface area contributed by atoms with Crippen molar-refractivity contribution in [1.82, 2.24) is 14.9 Å². The predicted octanol–water partition coefficient (Wildman–Crippen LogP) is 2.52. The maximum absolute atomic E-state index is 12.5. The van der Waals surface area contributed by atoms with E-state index in [1.54, 1.807) is 6.07 Å². The van der Waals surface area contributed by atoms with Gasteiger partial charge in [-0.25, -0.2) is 4.98 Å². The number of nitrogens with zero attached hydrogens (tertiary/aromatic N) is 3. The molecule has 1 N–H and O–H groups in total. The van der Waals surface area contributed by atoms with Gasteiger partial charge in [0.2, 0.25) is 11.9 Å². The summed E-state index contributed by atoms with van der Waals surface area (Å²) in [6, 6.07) is 11.6. The molecule has 1 amide bonds. The van der Waals surface area contributed by atoms with E-state index >= 15 is 0 Å². The molecule has 1 aromatic carbocycles. The Morgan fingerprint density at radius 1 is 1.15 bits per heavy atom. The van der Waals surface area contributed by atoms with E-state index in [2.05, 4.69) is 16.8 Å². The van der Waals surface area contributed by atoms with Crippen LogP contribution in [0.25, 0.3) is 0 Å². The van der Waals surface area contributed by atoms with E-state index in [1.807, 2.05) is 35.2 Å². The number of piperidine rings is 1. The zero-order valence-corrected chi connectivity index (χ0v) is 15.7. The first kappa shape index (κ1) is 17.8. The topological polar surface area (TPSA) is 69.3 Å². The molecule has 27 heavy (non-hydrogen) atoms. The number of carbonyl (C=O) groups is 1. The van der Waals surface area contributed by atoms with E-state index in [9.17, 15) is 9.59 Å². The minimum Gasteiger partial charge on any atom is -0.342 e. The van der Waals surface area contributed by atoms with Gasteiger partial charge in [-0.05, 0) is 24.3 Å². The van der Waals surface area contributed by atoms with Gasteiger partial charge in [0, 0.05) is 44.6 Å². The molecule has 1 aromatic heterocycles. The van der Waals surface area contributed by atoms with Gasteiger partial charge in [-0.2, -0.15) is 0 Å². The van der Waals surface area contributed by atoms with E-state index in [-0.39, 0.29) is 17.4 Å². The van der Waals surface area contributed by atoms with Crippen molar-refractivity contribution in [2.24, 2.45) is 5.92 Å². The molecule has 2 saturated heterocycles. The van der Waals surface area contributed by atoms with Crippen LogP contribution in [0.5, 0.6) is 0 Å². The van der Waals surface area contributed by atoms with Crippen LogP contribution in [-0.2, 0) is 11.3 Å². The lowest BCUT2D eigenvalue weighted by Crippen LogP contribution is -2.35. The molecule has 1 atom stereocenters. The molecule has 2 aliphatic heterocycles. The Hall–Kier alpha value is -2.63. The number of hydrogen-bond acceptors (Lipinski definition) is 4. The highest BCUT2D eigenvalue weighted by atomic mass is 16.2. The van der Waals surface area contributed by atoms with E-state index in [0.717, 1.165) is 43.1 Å². The second-order valence-corrected chi connectivity index (χ2v) is 7.82. The maximum Gasteiger partial charge on any atom is 0.252 e. The zero-order valence-electron chi connectivity index (χ0n) is 15.7. The third kappa shape index (κ3) is 4.04. The predicted molar refractivity (Wildman–Crippen MR) is 105 cm³/mol. The van der Waals surface area contributed by atoms with Crippen LogP contribution in [0.15, 0.2) is 41.2 Å². The average Bonchev–Trinajstić information content (AvgIpc) is 3.03. The quantitative estimate of drug-likeness (QED) is 0.903. The van der Waals surface area contributed by atoms with Gasteiger partial charge in [-0.1, -0.05) is 37.3 Å². The van der Waals surface area contributed by atoms with Crippen LogP contribution in [0.2, 0.25) is 0 Å². The molecule has 6 heteroatoms. The summed E-state index contributed by atoms with van der Waals surface area (Å²) in [7, 11) is 0. The highest BCUT2D eigenvalue weighted by Crippen LogP contribution is 2.28. The highest BCUT2D eigenvalue weighted by Gasteiger charge is 2.32.